The van der Waals surface area contributed by atoms with Crippen molar-refractivity contribution in [3.63, 3.8) is 0 Å². The molecule has 0 aliphatic heterocycles. The predicted octanol–water partition coefficient (Wildman–Crippen LogP) is 1.32. The van der Waals surface area contributed by atoms with E-state index in [1.54, 1.807) is 11.3 Å². The molecule has 2 amide bonds. The second-order valence-electron chi connectivity index (χ2n) is 5.01. The van der Waals surface area contributed by atoms with Crippen molar-refractivity contribution in [1.29, 1.82) is 0 Å². The number of amides is 2. The van der Waals surface area contributed by atoms with Crippen molar-refractivity contribution < 1.29 is 9.59 Å². The highest BCUT2D eigenvalue weighted by molar-refractivity contribution is 7.11. The highest BCUT2D eigenvalue weighted by Gasteiger charge is 2.17. The fraction of sp³-hybridized carbons (Fsp3) is 0.615. The van der Waals surface area contributed by atoms with Crippen molar-refractivity contribution in [2.24, 2.45) is 11.7 Å². The van der Waals surface area contributed by atoms with Gasteiger partial charge in [0.15, 0.2) is 0 Å². The zero-order valence-corrected chi connectivity index (χ0v) is 15.6. The van der Waals surface area contributed by atoms with E-state index in [-0.39, 0.29) is 49.1 Å². The first-order valence-corrected chi connectivity index (χ1v) is 7.35. The third-order valence-electron chi connectivity index (χ3n) is 2.95. The molecule has 0 spiro atoms. The quantitative estimate of drug-likeness (QED) is 0.703. The molecule has 0 saturated heterocycles. The largest absolute Gasteiger partial charge is 0.348 e. The first-order chi connectivity index (χ1) is 9.31. The van der Waals surface area contributed by atoms with Crippen LogP contribution >= 0.6 is 36.2 Å². The van der Waals surface area contributed by atoms with Gasteiger partial charge in [-0.15, -0.1) is 36.2 Å². The van der Waals surface area contributed by atoms with Crippen molar-refractivity contribution in [2.45, 2.75) is 40.3 Å². The summed E-state index contributed by atoms with van der Waals surface area (Å²) < 4.78 is 0. The summed E-state index contributed by atoms with van der Waals surface area (Å²) in [4.78, 5) is 28.7. The van der Waals surface area contributed by atoms with Gasteiger partial charge in [0.2, 0.25) is 11.8 Å². The molecule has 0 fully saturated rings. The molecular formula is C13H24Cl2N4O2S. The maximum absolute atomic E-state index is 11.6. The van der Waals surface area contributed by atoms with Gasteiger partial charge < -0.3 is 16.4 Å². The molecule has 0 radical (unpaired) electrons. The number of halogens is 2. The highest BCUT2D eigenvalue weighted by Crippen LogP contribution is 2.15. The van der Waals surface area contributed by atoms with E-state index < -0.39 is 6.04 Å². The van der Waals surface area contributed by atoms with Crippen molar-refractivity contribution in [3.05, 3.63) is 15.6 Å². The third-order valence-corrected chi connectivity index (χ3v) is 4.03. The molecule has 0 aliphatic rings. The van der Waals surface area contributed by atoms with Crippen LogP contribution in [0.5, 0.6) is 0 Å². The van der Waals surface area contributed by atoms with Crippen LogP contribution in [0, 0.1) is 19.8 Å². The minimum atomic E-state index is -0.591. The molecule has 0 unspecified atom stereocenters. The Labute approximate surface area is 147 Å². The molecule has 9 heteroatoms. The summed E-state index contributed by atoms with van der Waals surface area (Å²) in [6.45, 7) is 7.96. The van der Waals surface area contributed by atoms with E-state index in [1.807, 2.05) is 27.7 Å². The van der Waals surface area contributed by atoms with Gasteiger partial charge in [-0.3, -0.25) is 9.59 Å². The van der Waals surface area contributed by atoms with Crippen LogP contribution in [-0.2, 0) is 16.1 Å². The van der Waals surface area contributed by atoms with E-state index in [2.05, 4.69) is 15.6 Å². The summed E-state index contributed by atoms with van der Waals surface area (Å²) >= 11 is 1.56. The molecule has 0 bridgehead atoms. The van der Waals surface area contributed by atoms with E-state index in [9.17, 15) is 9.59 Å². The van der Waals surface area contributed by atoms with Gasteiger partial charge in [-0.2, -0.15) is 0 Å². The second-order valence-corrected chi connectivity index (χ2v) is 6.30. The van der Waals surface area contributed by atoms with Gasteiger partial charge in [0, 0.05) is 4.88 Å². The minimum absolute atomic E-state index is 0. The standard InChI is InChI=1S/C13H22N4O2S.2ClH/c1-7(2)12(14)13(19)16-5-10(18)15-6-11-17-8(3)9(4)20-11;;/h7,12H,5-6,14H2,1-4H3,(H,15,18)(H,16,19);2*1H/t12-;;/m0../s1. The smallest absolute Gasteiger partial charge is 0.239 e. The number of aromatic nitrogens is 1. The summed E-state index contributed by atoms with van der Waals surface area (Å²) in [5.74, 6) is -0.518. The summed E-state index contributed by atoms with van der Waals surface area (Å²) in [5.41, 5.74) is 6.66. The van der Waals surface area contributed by atoms with Crippen molar-refractivity contribution in [1.82, 2.24) is 15.6 Å². The Morgan fingerprint density at radius 2 is 1.82 bits per heavy atom. The summed E-state index contributed by atoms with van der Waals surface area (Å²) in [7, 11) is 0. The first-order valence-electron chi connectivity index (χ1n) is 6.54. The van der Waals surface area contributed by atoms with Crippen LogP contribution in [-0.4, -0.2) is 29.4 Å². The van der Waals surface area contributed by atoms with Crippen LogP contribution in [0.2, 0.25) is 0 Å². The van der Waals surface area contributed by atoms with E-state index in [4.69, 9.17) is 5.73 Å². The first kappa shape index (κ1) is 23.4. The number of thiazole rings is 1. The van der Waals surface area contributed by atoms with Crippen LogP contribution in [0.1, 0.15) is 29.4 Å². The Balaban J connectivity index is 0. The maximum Gasteiger partial charge on any atom is 0.239 e. The van der Waals surface area contributed by atoms with Crippen molar-refractivity contribution in [2.75, 3.05) is 6.54 Å². The van der Waals surface area contributed by atoms with Crippen LogP contribution in [0.4, 0.5) is 0 Å². The van der Waals surface area contributed by atoms with Gasteiger partial charge in [0.25, 0.3) is 0 Å². The van der Waals surface area contributed by atoms with E-state index >= 15 is 0 Å². The molecule has 1 rings (SSSR count). The molecule has 0 aromatic carbocycles. The topological polar surface area (TPSA) is 97.1 Å². The number of rotatable bonds is 6. The summed E-state index contributed by atoms with van der Waals surface area (Å²) in [6.07, 6.45) is 0. The van der Waals surface area contributed by atoms with Crippen LogP contribution in [0.25, 0.3) is 0 Å². The molecule has 22 heavy (non-hydrogen) atoms. The number of hydrogen-bond acceptors (Lipinski definition) is 5. The Kier molecular flexibility index (Phi) is 11.4. The Morgan fingerprint density at radius 3 is 2.27 bits per heavy atom. The number of nitrogens with one attached hydrogen (secondary N) is 2. The maximum atomic E-state index is 11.6. The second kappa shape index (κ2) is 10.8. The van der Waals surface area contributed by atoms with Gasteiger partial charge in [0.1, 0.15) is 5.01 Å². The van der Waals surface area contributed by atoms with Gasteiger partial charge in [-0.1, -0.05) is 13.8 Å². The lowest BCUT2D eigenvalue weighted by molar-refractivity contribution is -0.127. The van der Waals surface area contributed by atoms with Gasteiger partial charge in [-0.25, -0.2) is 4.98 Å². The fourth-order valence-electron chi connectivity index (χ4n) is 1.44. The molecule has 0 aliphatic carbocycles. The summed E-state index contributed by atoms with van der Waals surface area (Å²) in [5, 5.41) is 6.10. The third kappa shape index (κ3) is 7.40. The molecule has 1 atom stereocenters. The number of aryl methyl sites for hydroxylation is 2. The molecule has 6 nitrogen and oxygen atoms in total. The van der Waals surface area contributed by atoms with Crippen molar-refractivity contribution >= 4 is 48.0 Å². The Bertz CT molecular complexity index is 475. The Hall–Kier alpha value is -0.890. The molecule has 128 valence electrons. The number of carbonyl (C=O) groups excluding carboxylic acids is 2. The van der Waals surface area contributed by atoms with E-state index in [1.165, 1.54) is 0 Å². The van der Waals surface area contributed by atoms with Crippen molar-refractivity contribution in [3.8, 4) is 0 Å². The number of hydrogen-bond donors (Lipinski definition) is 3. The monoisotopic (exact) mass is 370 g/mol. The van der Waals surface area contributed by atoms with E-state index in [0.29, 0.717) is 6.54 Å². The van der Waals surface area contributed by atoms with E-state index in [0.717, 1.165) is 15.6 Å². The zero-order chi connectivity index (χ0) is 15.3. The van der Waals surface area contributed by atoms with Gasteiger partial charge in [-0.05, 0) is 19.8 Å². The highest BCUT2D eigenvalue weighted by atomic mass is 35.5. The Morgan fingerprint density at radius 1 is 1.23 bits per heavy atom. The normalized spacial score (nSPS) is 11.2. The number of carbonyl (C=O) groups is 2. The minimum Gasteiger partial charge on any atom is -0.348 e. The molecule has 1 heterocycles. The fourth-order valence-corrected chi connectivity index (χ4v) is 2.31. The van der Waals surface area contributed by atoms with Gasteiger partial charge in [0.05, 0.1) is 24.8 Å². The average Bonchev–Trinajstić information content (AvgIpc) is 2.71. The lowest BCUT2D eigenvalue weighted by Gasteiger charge is -2.14. The zero-order valence-electron chi connectivity index (χ0n) is 13.1. The molecule has 1 aromatic heterocycles. The molecule has 4 N–H and O–H groups in total. The van der Waals surface area contributed by atoms with Crippen LogP contribution in [0.3, 0.4) is 0 Å². The van der Waals surface area contributed by atoms with Crippen LogP contribution < -0.4 is 16.4 Å². The molecule has 1 aromatic rings. The predicted molar refractivity (Wildman–Crippen MR) is 93.8 cm³/mol. The SMILES string of the molecule is Cc1nc(CNC(=O)CNC(=O)[C@@H](N)C(C)C)sc1C.Cl.Cl. The number of nitrogens with zero attached hydrogens (tertiary/aromatic N) is 1. The van der Waals surface area contributed by atoms with Gasteiger partial charge >= 0.3 is 0 Å². The molecular weight excluding hydrogens is 347 g/mol. The lowest BCUT2D eigenvalue weighted by atomic mass is 10.1. The molecule has 0 saturated carbocycles. The van der Waals surface area contributed by atoms with Crippen LogP contribution in [0.15, 0.2) is 0 Å². The lowest BCUT2D eigenvalue weighted by Crippen LogP contribution is -2.47. The number of nitrogens with two attached hydrogens (primary N) is 1. The summed E-state index contributed by atoms with van der Waals surface area (Å²) in [6, 6.07) is -0.591. The average molecular weight is 371 g/mol.